The maximum Gasteiger partial charge on any atom is 0.323 e. The second-order valence-corrected chi connectivity index (χ2v) is 13.6. The summed E-state index contributed by atoms with van der Waals surface area (Å²) < 4.78 is 40.9. The largest absolute Gasteiger partial charge is 0.462 e. The fourth-order valence-electron chi connectivity index (χ4n) is 4.35. The number of aromatic nitrogens is 4. The van der Waals surface area contributed by atoms with Gasteiger partial charge in [0.05, 0.1) is 19.0 Å². The Morgan fingerprint density at radius 3 is 2.61 bits per heavy atom. The number of rotatable bonds is 11. The van der Waals surface area contributed by atoms with E-state index in [2.05, 4.69) is 20.0 Å². The predicted octanol–water partition coefficient (Wildman–Crippen LogP) is 3.44. The number of aliphatic hydroxyl groups is 1. The van der Waals surface area contributed by atoms with Crippen LogP contribution in [0.2, 0.25) is 0 Å². The molecule has 0 spiro atoms. The van der Waals surface area contributed by atoms with Gasteiger partial charge in [0.15, 0.2) is 28.9 Å². The van der Waals surface area contributed by atoms with Crippen LogP contribution in [0.1, 0.15) is 39.7 Å². The first-order chi connectivity index (χ1) is 19.2. The van der Waals surface area contributed by atoms with E-state index in [0.717, 1.165) is 0 Å². The highest BCUT2D eigenvalue weighted by Gasteiger charge is 2.56. The van der Waals surface area contributed by atoms with Crippen LogP contribution in [-0.4, -0.2) is 81.3 Å². The lowest BCUT2D eigenvalue weighted by Gasteiger charge is -2.28. The molecule has 12 nitrogen and oxygen atoms in total. The molecular formula is C26H36FN6O6PS. The Hall–Kier alpha value is -2.74. The van der Waals surface area contributed by atoms with E-state index >= 15 is 4.39 Å². The van der Waals surface area contributed by atoms with Gasteiger partial charge in [-0.3, -0.25) is 9.36 Å². The van der Waals surface area contributed by atoms with Crippen molar-refractivity contribution >= 4 is 41.4 Å². The van der Waals surface area contributed by atoms with Crippen molar-refractivity contribution in [3.05, 3.63) is 42.5 Å². The number of carbonyl (C=O) groups excluding carboxylic acids is 1. The summed E-state index contributed by atoms with van der Waals surface area (Å²) in [7, 11) is 3.64. The van der Waals surface area contributed by atoms with Crippen molar-refractivity contribution < 1.29 is 32.8 Å². The average Bonchev–Trinajstić information content (AvgIpc) is 3.40. The molecule has 1 saturated heterocycles. The number of imidazole rings is 1. The summed E-state index contributed by atoms with van der Waals surface area (Å²) in [4.78, 5) is 27.6. The van der Waals surface area contributed by atoms with Crippen LogP contribution >= 0.6 is 6.64 Å². The molecule has 15 heteroatoms. The smallest absolute Gasteiger partial charge is 0.323 e. The number of esters is 1. The Morgan fingerprint density at radius 2 is 1.98 bits per heavy atom. The number of alkyl halides is 1. The van der Waals surface area contributed by atoms with Gasteiger partial charge < -0.3 is 28.5 Å². The Balaban J connectivity index is 1.57. The maximum atomic E-state index is 16.1. The third kappa shape index (κ3) is 6.85. The molecule has 6 atom stereocenters. The minimum Gasteiger partial charge on any atom is -0.462 e. The van der Waals surface area contributed by atoms with E-state index in [1.807, 2.05) is 20.2 Å². The molecule has 1 aromatic carbocycles. The van der Waals surface area contributed by atoms with Crippen LogP contribution in [0.3, 0.4) is 0 Å². The van der Waals surface area contributed by atoms with E-state index in [1.54, 1.807) is 56.9 Å². The van der Waals surface area contributed by atoms with Crippen LogP contribution in [0.15, 0.2) is 36.7 Å². The number of carbonyl (C=O) groups is 1. The molecule has 4 rings (SSSR count). The summed E-state index contributed by atoms with van der Waals surface area (Å²) in [5, 5.41) is 13.9. The van der Waals surface area contributed by atoms with Gasteiger partial charge in [0.2, 0.25) is 0 Å². The second-order valence-electron chi connectivity index (χ2n) is 10.5. The minimum absolute atomic E-state index is 0.330. The molecule has 224 valence electrons. The molecule has 2 N–H and O–H groups in total. The van der Waals surface area contributed by atoms with Crippen molar-refractivity contribution in [3.63, 3.8) is 0 Å². The van der Waals surface area contributed by atoms with Crippen LogP contribution in [0.5, 0.6) is 5.75 Å². The van der Waals surface area contributed by atoms with Crippen LogP contribution in [0, 0.1) is 6.92 Å². The number of hydrogen-bond acceptors (Lipinski definition) is 11. The van der Waals surface area contributed by atoms with Gasteiger partial charge in [-0.2, -0.15) is 0 Å². The molecule has 0 bridgehead atoms. The second kappa shape index (κ2) is 12.2. The minimum atomic E-state index is -3.43. The van der Waals surface area contributed by atoms with Gasteiger partial charge >= 0.3 is 12.6 Å². The van der Waals surface area contributed by atoms with E-state index in [0.29, 0.717) is 28.6 Å². The Bertz CT molecular complexity index is 1420. The molecule has 0 radical (unpaired) electrons. The predicted molar refractivity (Wildman–Crippen MR) is 155 cm³/mol. The summed E-state index contributed by atoms with van der Waals surface area (Å²) in [6.45, 7) is 4.25. The summed E-state index contributed by atoms with van der Waals surface area (Å²) in [6, 6.07) is 7.84. The number of anilines is 1. The topological polar surface area (TPSA) is 133 Å². The van der Waals surface area contributed by atoms with Crippen molar-refractivity contribution in [1.29, 1.82) is 0 Å². The molecule has 2 aromatic heterocycles. The lowest BCUT2D eigenvalue weighted by atomic mass is 9.98. The van der Waals surface area contributed by atoms with Gasteiger partial charge in [0, 0.05) is 14.1 Å². The molecule has 1 aliphatic rings. The SMILES string of the molecule is Cc1nc(N(C)C)c2ncn([C@@H]3O[C@H](CO[P@@](=S)(N[C@@H](C)C(=O)OC(C)C)Oc4ccccc4)[C@@H](O)[C@@]3(C)F)c2n1. The van der Waals surface area contributed by atoms with Gasteiger partial charge in [-0.1, -0.05) is 18.2 Å². The lowest BCUT2D eigenvalue weighted by Crippen LogP contribution is -2.41. The van der Waals surface area contributed by atoms with Crippen LogP contribution < -0.4 is 14.5 Å². The van der Waals surface area contributed by atoms with Crippen LogP contribution in [-0.2, 0) is 30.6 Å². The molecule has 1 aliphatic heterocycles. The van der Waals surface area contributed by atoms with Crippen LogP contribution in [0.4, 0.5) is 10.2 Å². The van der Waals surface area contributed by atoms with Crippen molar-refractivity contribution in [1.82, 2.24) is 24.6 Å². The number of fused-ring (bicyclic) bond motifs is 1. The lowest BCUT2D eigenvalue weighted by molar-refractivity contribution is -0.149. The quantitative estimate of drug-likeness (QED) is 0.243. The number of halogens is 1. The Morgan fingerprint density at radius 1 is 1.29 bits per heavy atom. The summed E-state index contributed by atoms with van der Waals surface area (Å²) in [5.74, 6) is 0.909. The summed E-state index contributed by atoms with van der Waals surface area (Å²) in [6.07, 6.45) is -2.92. The summed E-state index contributed by atoms with van der Waals surface area (Å²) in [5.41, 5.74) is -1.42. The van der Waals surface area contributed by atoms with Gasteiger partial charge in [-0.15, -0.1) is 0 Å². The standard InChI is InChI=1S/C26H36FN6O6PS/c1-15(2)37-24(35)16(3)31-40(41,39-18-11-9-8-10-12-18)36-13-19-21(34)26(5,27)25(38-19)33-14-28-20-22(32(6)7)29-17(4)30-23(20)33/h8-12,14-16,19,21,25,34H,13H2,1-7H3,(H,31,41)/t16-,19+,21+,25+,26+,40-/m0/s1. The van der Waals surface area contributed by atoms with Crippen LogP contribution in [0.25, 0.3) is 11.2 Å². The van der Waals surface area contributed by atoms with E-state index < -0.39 is 42.8 Å². The maximum absolute atomic E-state index is 16.1. The third-order valence-corrected chi connectivity index (χ3v) is 8.84. The van der Waals surface area contributed by atoms with Gasteiger partial charge in [0.25, 0.3) is 0 Å². The first-order valence-corrected chi connectivity index (χ1v) is 15.7. The fourth-order valence-corrected chi connectivity index (χ4v) is 6.76. The molecule has 3 heterocycles. The number of nitrogens with one attached hydrogen (secondary N) is 1. The average molecular weight is 611 g/mol. The number of aryl methyl sites for hydroxylation is 1. The van der Waals surface area contributed by atoms with E-state index in [1.165, 1.54) is 17.8 Å². The first-order valence-electron chi connectivity index (χ1n) is 13.1. The molecule has 3 aromatic rings. The zero-order valence-corrected chi connectivity index (χ0v) is 25.7. The highest BCUT2D eigenvalue weighted by molar-refractivity contribution is 8.09. The van der Waals surface area contributed by atoms with Crippen molar-refractivity contribution in [3.8, 4) is 5.75 Å². The number of ether oxygens (including phenoxy) is 2. The molecule has 0 unspecified atom stereocenters. The molecule has 0 amide bonds. The highest BCUT2D eigenvalue weighted by Crippen LogP contribution is 2.48. The monoisotopic (exact) mass is 610 g/mol. The van der Waals surface area contributed by atoms with Gasteiger partial charge in [0.1, 0.15) is 29.8 Å². The van der Waals surface area contributed by atoms with E-state index in [4.69, 9.17) is 30.3 Å². The number of para-hydroxylation sites is 1. The van der Waals surface area contributed by atoms with Gasteiger partial charge in [-0.25, -0.2) is 24.4 Å². The fraction of sp³-hybridized carbons (Fsp3) is 0.538. The third-order valence-electron chi connectivity index (χ3n) is 6.34. The normalized spacial score (nSPS) is 24.8. The van der Waals surface area contributed by atoms with Crippen molar-refractivity contribution in [2.75, 3.05) is 25.6 Å². The zero-order valence-electron chi connectivity index (χ0n) is 24.0. The molecule has 1 fully saturated rings. The summed E-state index contributed by atoms with van der Waals surface area (Å²) >= 11 is 5.73. The number of nitrogens with zero attached hydrogens (tertiary/aromatic N) is 5. The number of hydrogen-bond donors (Lipinski definition) is 2. The molecule has 0 aliphatic carbocycles. The zero-order chi connectivity index (χ0) is 30.1. The number of aliphatic hydroxyl groups excluding tert-OH is 1. The molecular weight excluding hydrogens is 574 g/mol. The molecule has 0 saturated carbocycles. The van der Waals surface area contributed by atoms with Gasteiger partial charge in [-0.05, 0) is 58.6 Å². The van der Waals surface area contributed by atoms with E-state index in [9.17, 15) is 9.90 Å². The Kier molecular flexibility index (Phi) is 9.32. The number of benzene rings is 1. The van der Waals surface area contributed by atoms with E-state index in [-0.39, 0.29) is 12.7 Å². The first kappa shape index (κ1) is 31.2. The van der Waals surface area contributed by atoms with Crippen molar-refractivity contribution in [2.24, 2.45) is 0 Å². The highest BCUT2D eigenvalue weighted by atomic mass is 32.5. The van der Waals surface area contributed by atoms with Crippen molar-refractivity contribution in [2.45, 2.75) is 70.9 Å². The molecule has 41 heavy (non-hydrogen) atoms. The Labute approximate surface area is 243 Å².